The van der Waals surface area contributed by atoms with Crippen molar-refractivity contribution in [2.24, 2.45) is 5.73 Å². The molecule has 0 aliphatic carbocycles. The van der Waals surface area contributed by atoms with E-state index in [0.717, 1.165) is 5.69 Å². The van der Waals surface area contributed by atoms with Gasteiger partial charge < -0.3 is 15.7 Å². The highest BCUT2D eigenvalue weighted by Crippen LogP contribution is 2.39. The smallest absolute Gasteiger partial charge is 0.352 e. The molecule has 1 fully saturated rings. The first-order valence-corrected chi connectivity index (χ1v) is 8.94. The van der Waals surface area contributed by atoms with Gasteiger partial charge in [0.15, 0.2) is 18.9 Å². The van der Waals surface area contributed by atoms with Gasteiger partial charge in [0.25, 0.3) is 0 Å². The van der Waals surface area contributed by atoms with E-state index in [-0.39, 0.29) is 17.0 Å². The Balaban J connectivity index is 1.75. The van der Waals surface area contributed by atoms with Crippen LogP contribution in [0.1, 0.15) is 0 Å². The number of aliphatic carboxylic acids is 1. The van der Waals surface area contributed by atoms with Crippen LogP contribution in [0.25, 0.3) is 0 Å². The highest BCUT2D eigenvalue weighted by Gasteiger charge is 2.51. The first kappa shape index (κ1) is 17.5. The maximum atomic E-state index is 11.9. The lowest BCUT2D eigenvalue weighted by molar-refractivity contribution is -0.686. The normalized spacial score (nSPS) is 22.8. The Hall–Kier alpha value is -2.32. The van der Waals surface area contributed by atoms with Gasteiger partial charge in [0, 0.05) is 37.7 Å². The average molecular weight is 361 g/mol. The topological polar surface area (TPSA) is 90.8 Å². The third kappa shape index (κ3) is 3.27. The minimum absolute atomic E-state index is 0.0552. The number of amides is 1. The van der Waals surface area contributed by atoms with Gasteiger partial charge in [-0.3, -0.25) is 9.69 Å². The number of carbonyl (C=O) groups is 2. The molecule has 0 saturated carbocycles. The third-order valence-electron chi connectivity index (χ3n) is 4.27. The van der Waals surface area contributed by atoms with Gasteiger partial charge in [0.1, 0.15) is 17.1 Å². The molecule has 0 spiro atoms. The highest BCUT2D eigenvalue weighted by molar-refractivity contribution is 8.00. The summed E-state index contributed by atoms with van der Waals surface area (Å²) in [6.07, 6.45) is 7.63. The molecule has 3 N–H and O–H groups in total. The van der Waals surface area contributed by atoms with Crippen molar-refractivity contribution in [1.29, 1.82) is 0 Å². The number of nitrogens with two attached hydrogens (primary N) is 1. The molecular weight excluding hydrogens is 340 g/mol. The predicted molar refractivity (Wildman–Crippen MR) is 95.8 cm³/mol. The number of hydrogen-bond acceptors (Lipinski definition) is 5. The van der Waals surface area contributed by atoms with Gasteiger partial charge in [0.2, 0.25) is 5.91 Å². The summed E-state index contributed by atoms with van der Waals surface area (Å²) >= 11 is 1.50. The van der Waals surface area contributed by atoms with Crippen LogP contribution in [0.15, 0.2) is 47.9 Å². The lowest BCUT2D eigenvalue weighted by atomic mass is 10.0. The van der Waals surface area contributed by atoms with E-state index in [1.807, 2.05) is 54.2 Å². The van der Waals surface area contributed by atoms with Crippen LogP contribution in [0, 0.1) is 0 Å². The van der Waals surface area contributed by atoms with Crippen LogP contribution in [0.5, 0.6) is 0 Å². The van der Waals surface area contributed by atoms with Crippen molar-refractivity contribution >= 4 is 29.3 Å². The molecule has 1 aromatic heterocycles. The van der Waals surface area contributed by atoms with Crippen LogP contribution in [-0.4, -0.2) is 53.1 Å². The van der Waals surface area contributed by atoms with E-state index in [1.54, 1.807) is 6.08 Å². The summed E-state index contributed by atoms with van der Waals surface area (Å²) in [5.74, 6) is -0.882. The zero-order valence-corrected chi connectivity index (χ0v) is 14.9. The standard InChI is InChI=1S/C17H20N4O3S/c1-19(2)12-5-8-20(9-6-12)7-3-4-11-10-25-16-13(18)15(22)21(16)14(11)17(23)24/h3-6,8-9,13,16H,7,10,18H2,1-2H3/p+1/b4-3+/t13-,16-/m1/s1. The third-order valence-corrected chi connectivity index (χ3v) is 5.59. The van der Waals surface area contributed by atoms with E-state index in [2.05, 4.69) is 0 Å². The summed E-state index contributed by atoms with van der Waals surface area (Å²) in [7, 11) is 3.97. The van der Waals surface area contributed by atoms with E-state index >= 15 is 0 Å². The quantitative estimate of drug-likeness (QED) is 0.574. The van der Waals surface area contributed by atoms with Crippen molar-refractivity contribution in [3.63, 3.8) is 0 Å². The number of carboxylic acids is 1. The molecule has 8 heteroatoms. The summed E-state index contributed by atoms with van der Waals surface area (Å²) in [5.41, 5.74) is 7.54. The molecule has 1 aromatic rings. The van der Waals surface area contributed by atoms with Crippen molar-refractivity contribution < 1.29 is 19.3 Å². The first-order valence-electron chi connectivity index (χ1n) is 7.90. The van der Waals surface area contributed by atoms with Gasteiger partial charge in [-0.05, 0) is 11.6 Å². The molecular formula is C17H21N4O3S+. The zero-order chi connectivity index (χ0) is 18.1. The van der Waals surface area contributed by atoms with Crippen LogP contribution >= 0.6 is 11.8 Å². The van der Waals surface area contributed by atoms with E-state index in [4.69, 9.17) is 5.73 Å². The number of β-lactam (4-membered cyclic amide) rings is 1. The number of rotatable bonds is 5. The number of fused-ring (bicyclic) bond motifs is 1. The molecule has 1 amide bonds. The van der Waals surface area contributed by atoms with Crippen molar-refractivity contribution in [3.05, 3.63) is 47.9 Å². The first-order chi connectivity index (χ1) is 11.9. The van der Waals surface area contributed by atoms with Gasteiger partial charge in [-0.25, -0.2) is 9.36 Å². The second-order valence-electron chi connectivity index (χ2n) is 6.16. The molecule has 3 heterocycles. The monoisotopic (exact) mass is 361 g/mol. The number of hydrogen-bond donors (Lipinski definition) is 2. The SMILES string of the molecule is CN(C)c1cc[n+](C/C=C/C2=C(C(=O)O)N3C(=O)[C@@H](N)[C@H]3SC2)cc1. The van der Waals surface area contributed by atoms with Gasteiger partial charge >= 0.3 is 5.97 Å². The average Bonchev–Trinajstić information content (AvgIpc) is 2.60. The number of allylic oxidation sites excluding steroid dienone is 2. The van der Waals surface area contributed by atoms with Crippen molar-refractivity contribution in [3.8, 4) is 0 Å². The molecule has 1 saturated heterocycles. The van der Waals surface area contributed by atoms with E-state index in [9.17, 15) is 14.7 Å². The number of anilines is 1. The summed E-state index contributed by atoms with van der Waals surface area (Å²) < 4.78 is 1.99. The van der Waals surface area contributed by atoms with E-state index in [1.165, 1.54) is 16.7 Å². The fourth-order valence-electron chi connectivity index (χ4n) is 2.85. The Morgan fingerprint density at radius 3 is 2.76 bits per heavy atom. The zero-order valence-electron chi connectivity index (χ0n) is 14.1. The summed E-state index contributed by atoms with van der Waals surface area (Å²) in [6, 6.07) is 3.42. The van der Waals surface area contributed by atoms with Gasteiger partial charge in [-0.2, -0.15) is 0 Å². The lowest BCUT2D eigenvalue weighted by Gasteiger charge is -2.47. The Labute approximate surface area is 150 Å². The molecule has 2 aliphatic heterocycles. The largest absolute Gasteiger partial charge is 0.477 e. The minimum Gasteiger partial charge on any atom is -0.477 e. The summed E-state index contributed by atoms with van der Waals surface area (Å²) in [6.45, 7) is 0.617. The fraction of sp³-hybridized carbons (Fsp3) is 0.353. The Morgan fingerprint density at radius 1 is 1.48 bits per heavy atom. The number of thioether (sulfide) groups is 1. The predicted octanol–water partition coefficient (Wildman–Crippen LogP) is 0.177. The number of aromatic nitrogens is 1. The number of carbonyl (C=O) groups excluding carboxylic acids is 1. The fourth-order valence-corrected chi connectivity index (χ4v) is 4.12. The number of carboxylic acid groups (broad SMARTS) is 1. The Morgan fingerprint density at radius 2 is 2.16 bits per heavy atom. The van der Waals surface area contributed by atoms with Crippen LogP contribution in [0.4, 0.5) is 5.69 Å². The van der Waals surface area contributed by atoms with Crippen molar-refractivity contribution in [2.45, 2.75) is 18.0 Å². The van der Waals surface area contributed by atoms with Crippen LogP contribution < -0.4 is 15.2 Å². The molecule has 25 heavy (non-hydrogen) atoms. The summed E-state index contributed by atoms with van der Waals surface area (Å²) in [5, 5.41) is 9.23. The Bertz CT molecular complexity index is 758. The molecule has 3 rings (SSSR count). The van der Waals surface area contributed by atoms with Crippen LogP contribution in [0.3, 0.4) is 0 Å². The second kappa shape index (κ2) is 6.89. The lowest BCUT2D eigenvalue weighted by Crippen LogP contribution is -2.68. The molecule has 2 aliphatic rings. The van der Waals surface area contributed by atoms with Crippen molar-refractivity contribution in [2.75, 3.05) is 24.7 Å². The van der Waals surface area contributed by atoms with Crippen LogP contribution in [-0.2, 0) is 16.1 Å². The van der Waals surface area contributed by atoms with E-state index < -0.39 is 12.0 Å². The highest BCUT2D eigenvalue weighted by atomic mass is 32.2. The van der Waals surface area contributed by atoms with Gasteiger partial charge in [-0.1, -0.05) is 6.08 Å². The maximum absolute atomic E-state index is 11.9. The number of nitrogens with zero attached hydrogens (tertiary/aromatic N) is 3. The van der Waals surface area contributed by atoms with E-state index in [0.29, 0.717) is 17.9 Å². The maximum Gasteiger partial charge on any atom is 0.352 e. The minimum atomic E-state index is -1.09. The molecule has 0 aromatic carbocycles. The van der Waals surface area contributed by atoms with Crippen LogP contribution in [0.2, 0.25) is 0 Å². The molecule has 0 unspecified atom stereocenters. The number of pyridine rings is 1. The van der Waals surface area contributed by atoms with Gasteiger partial charge in [0.05, 0.1) is 0 Å². The molecule has 7 nitrogen and oxygen atoms in total. The van der Waals surface area contributed by atoms with Crippen molar-refractivity contribution in [1.82, 2.24) is 4.90 Å². The molecule has 2 atom stereocenters. The Kier molecular flexibility index (Phi) is 4.82. The van der Waals surface area contributed by atoms with Gasteiger partial charge in [-0.15, -0.1) is 11.8 Å². The molecule has 0 radical (unpaired) electrons. The molecule has 0 bridgehead atoms. The summed E-state index contributed by atoms with van der Waals surface area (Å²) in [4.78, 5) is 26.8. The molecule has 132 valence electrons. The second-order valence-corrected chi connectivity index (χ2v) is 7.27.